The minimum atomic E-state index is -0.770. The summed E-state index contributed by atoms with van der Waals surface area (Å²) in [5, 5.41) is 0. The summed E-state index contributed by atoms with van der Waals surface area (Å²) in [7, 11) is 1.46. The minimum absolute atomic E-state index is 0.0365. The zero-order valence-electron chi connectivity index (χ0n) is 13.6. The Morgan fingerprint density at radius 1 is 1.35 bits per heavy atom. The Kier molecular flexibility index (Phi) is 5.88. The van der Waals surface area contributed by atoms with Crippen LogP contribution in [0.2, 0.25) is 0 Å². The van der Waals surface area contributed by atoms with E-state index in [-0.39, 0.29) is 18.3 Å². The minimum Gasteiger partial charge on any atom is -0.459 e. The molecule has 1 aromatic rings. The second-order valence-electron chi connectivity index (χ2n) is 5.78. The maximum absolute atomic E-state index is 12.2. The van der Waals surface area contributed by atoms with Gasteiger partial charge in [0.1, 0.15) is 6.61 Å². The summed E-state index contributed by atoms with van der Waals surface area (Å²) in [5.74, 6) is -0.694. The van der Waals surface area contributed by atoms with Gasteiger partial charge in [-0.15, -0.1) is 0 Å². The number of hydrogen-bond donors (Lipinski definition) is 0. The molecule has 1 aliphatic carbocycles. The Labute approximate surface area is 136 Å². The number of ether oxygens (including phenoxy) is 2. The topological polar surface area (TPSA) is 52.6 Å². The van der Waals surface area contributed by atoms with E-state index in [0.717, 1.165) is 24.0 Å². The van der Waals surface area contributed by atoms with Crippen molar-refractivity contribution in [3.63, 3.8) is 0 Å². The molecule has 0 aromatic heterocycles. The third kappa shape index (κ3) is 4.39. The molecule has 122 valence electrons. The number of allylic oxidation sites excluding steroid dienone is 2. The zero-order chi connectivity index (χ0) is 16.8. The van der Waals surface area contributed by atoms with Gasteiger partial charge in [0.25, 0.3) is 0 Å². The van der Waals surface area contributed by atoms with Gasteiger partial charge in [0.2, 0.25) is 0 Å². The Morgan fingerprint density at radius 2 is 2.04 bits per heavy atom. The number of carbonyl (C=O) groups excluding carboxylic acids is 2. The first-order valence-corrected chi connectivity index (χ1v) is 7.66. The van der Waals surface area contributed by atoms with Crippen molar-refractivity contribution in [1.29, 1.82) is 0 Å². The SMILES string of the molecule is C=C(COC(=O)[C@@H](OC)c1ccccc1)[C@@H]1CCC(C)=CC1=O. The van der Waals surface area contributed by atoms with E-state index in [9.17, 15) is 9.59 Å². The second-order valence-corrected chi connectivity index (χ2v) is 5.78. The molecular weight excluding hydrogens is 292 g/mol. The van der Waals surface area contributed by atoms with Crippen molar-refractivity contribution in [2.45, 2.75) is 25.9 Å². The van der Waals surface area contributed by atoms with Crippen LogP contribution in [-0.2, 0) is 19.1 Å². The molecule has 4 heteroatoms. The van der Waals surface area contributed by atoms with Gasteiger partial charge < -0.3 is 9.47 Å². The van der Waals surface area contributed by atoms with Crippen molar-refractivity contribution in [2.75, 3.05) is 13.7 Å². The van der Waals surface area contributed by atoms with E-state index in [1.165, 1.54) is 7.11 Å². The summed E-state index contributed by atoms with van der Waals surface area (Å²) in [4.78, 5) is 24.2. The predicted molar refractivity (Wildman–Crippen MR) is 87.8 cm³/mol. The third-order valence-corrected chi connectivity index (χ3v) is 4.00. The highest BCUT2D eigenvalue weighted by atomic mass is 16.6. The summed E-state index contributed by atoms with van der Waals surface area (Å²) in [6, 6.07) is 9.16. The number of esters is 1. The third-order valence-electron chi connectivity index (χ3n) is 4.00. The first-order valence-electron chi connectivity index (χ1n) is 7.66. The van der Waals surface area contributed by atoms with E-state index < -0.39 is 12.1 Å². The Bertz CT molecular complexity index is 616. The number of benzene rings is 1. The Balaban J connectivity index is 1.93. The average Bonchev–Trinajstić information content (AvgIpc) is 2.54. The van der Waals surface area contributed by atoms with Gasteiger partial charge in [-0.1, -0.05) is 42.5 Å². The van der Waals surface area contributed by atoms with Gasteiger partial charge in [-0.25, -0.2) is 4.79 Å². The van der Waals surface area contributed by atoms with Crippen LogP contribution in [0.1, 0.15) is 31.4 Å². The van der Waals surface area contributed by atoms with Crippen LogP contribution in [0.5, 0.6) is 0 Å². The lowest BCUT2D eigenvalue weighted by molar-refractivity contribution is -0.155. The molecule has 0 fully saturated rings. The molecule has 0 aliphatic heterocycles. The molecule has 0 radical (unpaired) electrons. The van der Waals surface area contributed by atoms with Gasteiger partial charge in [-0.3, -0.25) is 4.79 Å². The van der Waals surface area contributed by atoms with Crippen LogP contribution >= 0.6 is 0 Å². The largest absolute Gasteiger partial charge is 0.459 e. The van der Waals surface area contributed by atoms with Crippen LogP contribution < -0.4 is 0 Å². The van der Waals surface area contributed by atoms with Gasteiger partial charge in [0.15, 0.2) is 11.9 Å². The summed E-state index contributed by atoms with van der Waals surface area (Å²) in [6.07, 6.45) is 2.48. The molecule has 2 atom stereocenters. The lowest BCUT2D eigenvalue weighted by Gasteiger charge is -2.22. The fourth-order valence-corrected chi connectivity index (χ4v) is 2.67. The summed E-state index contributed by atoms with van der Waals surface area (Å²) in [5.41, 5.74) is 2.45. The van der Waals surface area contributed by atoms with Gasteiger partial charge in [-0.2, -0.15) is 0 Å². The second kappa shape index (κ2) is 7.88. The molecule has 0 saturated carbocycles. The molecule has 4 nitrogen and oxygen atoms in total. The zero-order valence-corrected chi connectivity index (χ0v) is 13.6. The number of carbonyl (C=O) groups is 2. The van der Waals surface area contributed by atoms with Crippen molar-refractivity contribution < 1.29 is 19.1 Å². The van der Waals surface area contributed by atoms with Gasteiger partial charge >= 0.3 is 5.97 Å². The van der Waals surface area contributed by atoms with Crippen LogP contribution in [0.4, 0.5) is 0 Å². The fourth-order valence-electron chi connectivity index (χ4n) is 2.67. The molecular formula is C19H22O4. The van der Waals surface area contributed by atoms with Crippen LogP contribution in [0, 0.1) is 5.92 Å². The van der Waals surface area contributed by atoms with E-state index >= 15 is 0 Å². The molecule has 0 bridgehead atoms. The summed E-state index contributed by atoms with van der Waals surface area (Å²) < 4.78 is 10.5. The highest BCUT2D eigenvalue weighted by molar-refractivity contribution is 5.95. The first kappa shape index (κ1) is 17.2. The monoisotopic (exact) mass is 314 g/mol. The summed E-state index contributed by atoms with van der Waals surface area (Å²) >= 11 is 0. The quantitative estimate of drug-likeness (QED) is 0.596. The highest BCUT2D eigenvalue weighted by Gasteiger charge is 2.26. The number of rotatable bonds is 6. The Hall–Kier alpha value is -2.20. The van der Waals surface area contributed by atoms with Crippen LogP contribution in [0.15, 0.2) is 54.1 Å². The number of ketones is 1. The molecule has 1 aromatic carbocycles. The molecule has 0 N–H and O–H groups in total. The lowest BCUT2D eigenvalue weighted by atomic mass is 9.84. The van der Waals surface area contributed by atoms with Crippen molar-refractivity contribution in [3.05, 3.63) is 59.7 Å². The standard InChI is InChI=1S/C19H22O4/c1-13-9-10-16(17(20)11-13)14(2)12-23-19(21)18(22-3)15-7-5-4-6-8-15/h4-8,11,16,18H,2,9-10,12H2,1,3H3/t16-,18-/m0/s1. The molecule has 1 aliphatic rings. The van der Waals surface area contributed by atoms with E-state index in [2.05, 4.69) is 6.58 Å². The van der Waals surface area contributed by atoms with E-state index in [1.54, 1.807) is 6.08 Å². The fraction of sp³-hybridized carbons (Fsp3) is 0.368. The van der Waals surface area contributed by atoms with Crippen molar-refractivity contribution in [3.8, 4) is 0 Å². The maximum Gasteiger partial charge on any atom is 0.340 e. The Morgan fingerprint density at radius 3 is 2.65 bits per heavy atom. The van der Waals surface area contributed by atoms with Crippen LogP contribution in [0.25, 0.3) is 0 Å². The maximum atomic E-state index is 12.2. The summed E-state index contributed by atoms with van der Waals surface area (Å²) in [6.45, 7) is 5.90. The van der Waals surface area contributed by atoms with Crippen LogP contribution in [-0.4, -0.2) is 25.5 Å². The molecule has 23 heavy (non-hydrogen) atoms. The van der Waals surface area contributed by atoms with Crippen molar-refractivity contribution >= 4 is 11.8 Å². The number of methoxy groups -OCH3 is 1. The molecule has 2 rings (SSSR count). The van der Waals surface area contributed by atoms with E-state index in [4.69, 9.17) is 9.47 Å². The highest BCUT2D eigenvalue weighted by Crippen LogP contribution is 2.26. The molecule has 0 unspecified atom stereocenters. The predicted octanol–water partition coefficient (Wildman–Crippen LogP) is 3.40. The smallest absolute Gasteiger partial charge is 0.340 e. The van der Waals surface area contributed by atoms with E-state index in [1.807, 2.05) is 37.3 Å². The van der Waals surface area contributed by atoms with Crippen molar-refractivity contribution in [2.24, 2.45) is 5.92 Å². The van der Waals surface area contributed by atoms with Gasteiger partial charge in [0, 0.05) is 13.0 Å². The normalized spacial score (nSPS) is 19.0. The lowest BCUT2D eigenvalue weighted by Crippen LogP contribution is -2.24. The van der Waals surface area contributed by atoms with Gasteiger partial charge in [0.05, 0.1) is 0 Å². The van der Waals surface area contributed by atoms with E-state index in [0.29, 0.717) is 5.57 Å². The van der Waals surface area contributed by atoms with Crippen LogP contribution in [0.3, 0.4) is 0 Å². The molecule has 0 spiro atoms. The van der Waals surface area contributed by atoms with Crippen molar-refractivity contribution in [1.82, 2.24) is 0 Å². The number of hydrogen-bond acceptors (Lipinski definition) is 4. The van der Waals surface area contributed by atoms with Gasteiger partial charge in [-0.05, 0) is 37.0 Å². The molecule has 0 heterocycles. The average molecular weight is 314 g/mol. The molecule has 0 saturated heterocycles. The first-order chi connectivity index (χ1) is 11.0. The molecule has 0 amide bonds.